The molecule has 1 heterocycles. The number of hydrogen-bond donors (Lipinski definition) is 2. The average Bonchev–Trinajstić information content (AvgIpc) is 2.57. The molecule has 2 aromatic carbocycles. The average molecular weight is 351 g/mol. The summed E-state index contributed by atoms with van der Waals surface area (Å²) in [6.07, 6.45) is 1.27. The first-order valence-corrected chi connectivity index (χ1v) is 9.36. The van der Waals surface area contributed by atoms with Gasteiger partial charge in [-0.1, -0.05) is 31.5 Å². The minimum Gasteiger partial charge on any atom is -0.397 e. The summed E-state index contributed by atoms with van der Waals surface area (Å²) in [5.74, 6) is 1.20. The number of amides is 1. The van der Waals surface area contributed by atoms with Gasteiger partial charge in [0.2, 0.25) is 0 Å². The first-order chi connectivity index (χ1) is 12.3. The quantitative estimate of drug-likeness (QED) is 0.793. The van der Waals surface area contributed by atoms with E-state index in [1.807, 2.05) is 43.3 Å². The maximum absolute atomic E-state index is 12.6. The van der Waals surface area contributed by atoms with Gasteiger partial charge in [-0.15, -0.1) is 0 Å². The number of nitrogens with zero attached hydrogens (tertiary/aromatic N) is 1. The van der Waals surface area contributed by atoms with Crippen LogP contribution in [0.25, 0.3) is 0 Å². The highest BCUT2D eigenvalue weighted by atomic mass is 16.1. The highest BCUT2D eigenvalue weighted by Crippen LogP contribution is 2.33. The van der Waals surface area contributed by atoms with E-state index in [9.17, 15) is 4.79 Å². The van der Waals surface area contributed by atoms with Crippen LogP contribution in [0.2, 0.25) is 0 Å². The molecule has 0 bridgehead atoms. The molecule has 0 spiro atoms. The number of carbonyl (C=O) groups is 1. The summed E-state index contributed by atoms with van der Waals surface area (Å²) in [7, 11) is 0. The Hall–Kier alpha value is -2.49. The van der Waals surface area contributed by atoms with Gasteiger partial charge in [0.15, 0.2) is 0 Å². The Morgan fingerprint density at radius 2 is 1.69 bits per heavy atom. The summed E-state index contributed by atoms with van der Waals surface area (Å²) in [5, 5.41) is 2.98. The lowest BCUT2D eigenvalue weighted by molar-refractivity contribution is 0.102. The molecule has 2 aromatic rings. The van der Waals surface area contributed by atoms with Gasteiger partial charge < -0.3 is 16.0 Å². The smallest absolute Gasteiger partial charge is 0.255 e. The summed E-state index contributed by atoms with van der Waals surface area (Å²) in [4.78, 5) is 15.0. The standard InChI is InChI=1S/C22H29N3O/c1-14-5-7-18(8-6-14)22(26)24-20-11-21(17(4)10-19(20)23)25-12-15(2)9-16(3)13-25/h5-8,10-11,15-16H,9,12-13,23H2,1-4H3,(H,24,26). The number of carbonyl (C=O) groups excluding carboxylic acids is 1. The lowest BCUT2D eigenvalue weighted by Crippen LogP contribution is -2.39. The van der Waals surface area contributed by atoms with Crippen molar-refractivity contribution in [3.8, 4) is 0 Å². The molecule has 1 aliphatic heterocycles. The molecule has 2 unspecified atom stereocenters. The minimum absolute atomic E-state index is 0.133. The van der Waals surface area contributed by atoms with Crippen molar-refractivity contribution in [1.29, 1.82) is 0 Å². The highest BCUT2D eigenvalue weighted by molar-refractivity contribution is 6.06. The fourth-order valence-electron chi connectivity index (χ4n) is 3.93. The fraction of sp³-hybridized carbons (Fsp3) is 0.409. The Morgan fingerprint density at radius 1 is 1.08 bits per heavy atom. The van der Waals surface area contributed by atoms with Gasteiger partial charge >= 0.3 is 0 Å². The number of nitrogen functional groups attached to an aromatic ring is 1. The molecule has 4 heteroatoms. The van der Waals surface area contributed by atoms with E-state index in [2.05, 4.69) is 31.0 Å². The summed E-state index contributed by atoms with van der Waals surface area (Å²) in [5.41, 5.74) is 11.6. The van der Waals surface area contributed by atoms with E-state index >= 15 is 0 Å². The van der Waals surface area contributed by atoms with Crippen LogP contribution in [0.5, 0.6) is 0 Å². The van der Waals surface area contributed by atoms with Crippen molar-refractivity contribution in [2.24, 2.45) is 11.8 Å². The second-order valence-electron chi connectivity index (χ2n) is 7.90. The summed E-state index contributed by atoms with van der Waals surface area (Å²) < 4.78 is 0. The van der Waals surface area contributed by atoms with Crippen LogP contribution in [-0.4, -0.2) is 19.0 Å². The van der Waals surface area contributed by atoms with Crippen LogP contribution in [-0.2, 0) is 0 Å². The highest BCUT2D eigenvalue weighted by Gasteiger charge is 2.23. The first kappa shape index (κ1) is 18.3. The Kier molecular flexibility index (Phi) is 5.21. The normalized spacial score (nSPS) is 20.1. The number of aryl methyl sites for hydroxylation is 2. The maximum atomic E-state index is 12.6. The van der Waals surface area contributed by atoms with E-state index in [-0.39, 0.29) is 5.91 Å². The molecular formula is C22H29N3O. The molecule has 1 saturated heterocycles. The predicted octanol–water partition coefficient (Wildman–Crippen LogP) is 4.62. The molecule has 2 atom stereocenters. The number of nitrogens with one attached hydrogen (secondary N) is 1. The van der Waals surface area contributed by atoms with Crippen LogP contribution in [0.15, 0.2) is 36.4 Å². The third-order valence-corrected chi connectivity index (χ3v) is 5.14. The largest absolute Gasteiger partial charge is 0.397 e. The molecular weight excluding hydrogens is 322 g/mol. The molecule has 0 aliphatic carbocycles. The van der Waals surface area contributed by atoms with Crippen LogP contribution in [0.1, 0.15) is 41.8 Å². The molecule has 0 aromatic heterocycles. The van der Waals surface area contributed by atoms with Crippen molar-refractivity contribution in [3.63, 3.8) is 0 Å². The SMILES string of the molecule is Cc1ccc(C(=O)Nc2cc(N3CC(C)CC(C)C3)c(C)cc2N)cc1. The lowest BCUT2D eigenvalue weighted by Gasteiger charge is -2.37. The van der Waals surface area contributed by atoms with E-state index in [0.717, 1.165) is 29.9 Å². The number of hydrogen-bond acceptors (Lipinski definition) is 3. The summed E-state index contributed by atoms with van der Waals surface area (Å²) in [6, 6.07) is 11.5. The van der Waals surface area contributed by atoms with E-state index in [1.54, 1.807) is 0 Å². The summed E-state index contributed by atoms with van der Waals surface area (Å²) in [6.45, 7) is 10.8. The van der Waals surface area contributed by atoms with Crippen molar-refractivity contribution in [1.82, 2.24) is 0 Å². The number of nitrogens with two attached hydrogens (primary N) is 1. The van der Waals surface area contributed by atoms with E-state index < -0.39 is 0 Å². The topological polar surface area (TPSA) is 58.4 Å². The molecule has 138 valence electrons. The van der Waals surface area contributed by atoms with Gasteiger partial charge in [-0.2, -0.15) is 0 Å². The molecule has 1 aliphatic rings. The van der Waals surface area contributed by atoms with Crippen LogP contribution in [0, 0.1) is 25.7 Å². The van der Waals surface area contributed by atoms with Crippen LogP contribution < -0.4 is 16.0 Å². The monoisotopic (exact) mass is 351 g/mol. The number of rotatable bonds is 3. The molecule has 26 heavy (non-hydrogen) atoms. The third-order valence-electron chi connectivity index (χ3n) is 5.14. The zero-order valence-electron chi connectivity index (χ0n) is 16.2. The molecule has 1 amide bonds. The molecule has 1 fully saturated rings. The van der Waals surface area contributed by atoms with Gasteiger partial charge in [-0.3, -0.25) is 4.79 Å². The summed E-state index contributed by atoms with van der Waals surface area (Å²) >= 11 is 0. The van der Waals surface area contributed by atoms with Crippen LogP contribution >= 0.6 is 0 Å². The molecule has 3 N–H and O–H groups in total. The third kappa shape index (κ3) is 4.01. The maximum Gasteiger partial charge on any atom is 0.255 e. The van der Waals surface area contributed by atoms with Crippen molar-refractivity contribution < 1.29 is 4.79 Å². The number of benzene rings is 2. The molecule has 0 radical (unpaired) electrons. The van der Waals surface area contributed by atoms with Crippen molar-refractivity contribution in [3.05, 3.63) is 53.1 Å². The van der Waals surface area contributed by atoms with Crippen LogP contribution in [0.3, 0.4) is 0 Å². The van der Waals surface area contributed by atoms with E-state index in [0.29, 0.717) is 28.8 Å². The Labute approximate surface area is 156 Å². The second kappa shape index (κ2) is 7.40. The van der Waals surface area contributed by atoms with Gasteiger partial charge in [0, 0.05) is 24.3 Å². The Morgan fingerprint density at radius 3 is 2.31 bits per heavy atom. The van der Waals surface area contributed by atoms with Gasteiger partial charge in [0.05, 0.1) is 11.4 Å². The first-order valence-electron chi connectivity index (χ1n) is 9.36. The van der Waals surface area contributed by atoms with E-state index in [1.165, 1.54) is 6.42 Å². The Bertz CT molecular complexity index is 788. The van der Waals surface area contributed by atoms with Crippen molar-refractivity contribution >= 4 is 23.0 Å². The van der Waals surface area contributed by atoms with Gasteiger partial charge in [-0.25, -0.2) is 0 Å². The van der Waals surface area contributed by atoms with Crippen molar-refractivity contribution in [2.75, 3.05) is 29.0 Å². The zero-order valence-corrected chi connectivity index (χ0v) is 16.2. The fourth-order valence-corrected chi connectivity index (χ4v) is 3.93. The Balaban J connectivity index is 1.86. The minimum atomic E-state index is -0.133. The molecule has 3 rings (SSSR count). The van der Waals surface area contributed by atoms with Crippen molar-refractivity contribution in [2.45, 2.75) is 34.1 Å². The van der Waals surface area contributed by atoms with Gasteiger partial charge in [0.1, 0.15) is 0 Å². The predicted molar refractivity (Wildman–Crippen MR) is 110 cm³/mol. The van der Waals surface area contributed by atoms with Gasteiger partial charge in [-0.05, 0) is 61.9 Å². The number of anilines is 3. The van der Waals surface area contributed by atoms with Crippen LogP contribution in [0.4, 0.5) is 17.1 Å². The zero-order chi connectivity index (χ0) is 18.8. The molecule has 0 saturated carbocycles. The second-order valence-corrected chi connectivity index (χ2v) is 7.90. The van der Waals surface area contributed by atoms with E-state index in [4.69, 9.17) is 5.73 Å². The van der Waals surface area contributed by atoms with Gasteiger partial charge in [0.25, 0.3) is 5.91 Å². The molecule has 4 nitrogen and oxygen atoms in total. The number of piperidine rings is 1. The lowest BCUT2D eigenvalue weighted by atomic mass is 9.91.